The van der Waals surface area contributed by atoms with E-state index in [1.807, 2.05) is 6.26 Å². The fourth-order valence-electron chi connectivity index (χ4n) is 3.22. The smallest absolute Gasteiger partial charge is 0.287 e. The predicted molar refractivity (Wildman–Crippen MR) is 121 cm³/mol. The molecule has 1 atom stereocenters. The van der Waals surface area contributed by atoms with E-state index in [9.17, 15) is 18.0 Å². The largest absolute Gasteiger partial charge is 0.459 e. The number of hydrogen-bond donors (Lipinski definition) is 2. The molecule has 1 aliphatic rings. The molecule has 1 aliphatic heterocycles. The van der Waals surface area contributed by atoms with Gasteiger partial charge in [-0.25, -0.2) is 8.42 Å². The van der Waals surface area contributed by atoms with Crippen LogP contribution >= 0.6 is 23.4 Å². The van der Waals surface area contributed by atoms with Gasteiger partial charge in [0.1, 0.15) is 10.9 Å². The van der Waals surface area contributed by atoms with Crippen molar-refractivity contribution >= 4 is 50.9 Å². The Balaban J connectivity index is 1.77. The van der Waals surface area contributed by atoms with Gasteiger partial charge in [0.2, 0.25) is 15.9 Å². The van der Waals surface area contributed by atoms with E-state index < -0.39 is 27.9 Å². The second kappa shape index (κ2) is 10.5. The van der Waals surface area contributed by atoms with Crippen LogP contribution in [0.1, 0.15) is 29.8 Å². The molecule has 2 amide bonds. The number of benzene rings is 1. The summed E-state index contributed by atoms with van der Waals surface area (Å²) < 4.78 is 32.3. The van der Waals surface area contributed by atoms with E-state index in [0.29, 0.717) is 25.3 Å². The quantitative estimate of drug-likeness (QED) is 0.564. The summed E-state index contributed by atoms with van der Waals surface area (Å²) in [6.45, 7) is 0.898. The van der Waals surface area contributed by atoms with Crippen LogP contribution in [0, 0.1) is 0 Å². The molecule has 1 aromatic heterocycles. The zero-order valence-corrected chi connectivity index (χ0v) is 19.4. The molecule has 31 heavy (non-hydrogen) atoms. The summed E-state index contributed by atoms with van der Waals surface area (Å²) in [6.07, 6.45) is 5.28. The first kappa shape index (κ1) is 23.6. The number of sulfonamides is 1. The van der Waals surface area contributed by atoms with Crippen molar-refractivity contribution in [3.63, 3.8) is 0 Å². The third-order valence-corrected chi connectivity index (χ3v) is 7.88. The SMILES string of the molecule is CSCC[C@H](NC(=O)c1ccco1)C(=O)Nc1ccc(Cl)c(S(=O)(=O)N2CCCC2)c1. The van der Waals surface area contributed by atoms with E-state index in [-0.39, 0.29) is 21.4 Å². The van der Waals surface area contributed by atoms with Crippen molar-refractivity contribution in [3.05, 3.63) is 47.4 Å². The van der Waals surface area contributed by atoms with Gasteiger partial charge < -0.3 is 15.1 Å². The van der Waals surface area contributed by atoms with Crippen LogP contribution < -0.4 is 10.6 Å². The lowest BCUT2D eigenvalue weighted by Crippen LogP contribution is -2.44. The number of carbonyl (C=O) groups is 2. The van der Waals surface area contributed by atoms with Crippen molar-refractivity contribution in [2.75, 3.05) is 30.4 Å². The van der Waals surface area contributed by atoms with Crippen molar-refractivity contribution in [2.45, 2.75) is 30.2 Å². The summed E-state index contributed by atoms with van der Waals surface area (Å²) in [5, 5.41) is 5.45. The molecular formula is C20H24ClN3O5S2. The summed E-state index contributed by atoms with van der Waals surface area (Å²) in [6, 6.07) is 6.60. The summed E-state index contributed by atoms with van der Waals surface area (Å²) in [5.74, 6) is -0.209. The molecule has 0 aliphatic carbocycles. The standard InChI is InChI=1S/C20H24ClN3O5S2/c1-30-12-8-16(23-20(26)17-5-4-11-29-17)19(25)22-14-6-7-15(21)18(13-14)31(27,28)24-9-2-3-10-24/h4-7,11,13,16H,2-3,8-10,12H2,1H3,(H,22,25)(H,23,26)/t16-/m0/s1. The highest BCUT2D eigenvalue weighted by Crippen LogP contribution is 2.29. The number of thioether (sulfide) groups is 1. The average molecular weight is 486 g/mol. The van der Waals surface area contributed by atoms with Crippen LogP contribution in [0.4, 0.5) is 5.69 Å². The van der Waals surface area contributed by atoms with Gasteiger partial charge in [0, 0.05) is 18.8 Å². The summed E-state index contributed by atoms with van der Waals surface area (Å²) in [5.41, 5.74) is 0.286. The van der Waals surface area contributed by atoms with Gasteiger partial charge in [-0.3, -0.25) is 9.59 Å². The van der Waals surface area contributed by atoms with Crippen LogP contribution in [-0.2, 0) is 14.8 Å². The fourth-order valence-corrected chi connectivity index (χ4v) is 5.71. The number of rotatable bonds is 9. The van der Waals surface area contributed by atoms with Gasteiger partial charge in [-0.05, 0) is 61.6 Å². The second-order valence-corrected chi connectivity index (χ2v) is 10.3. The van der Waals surface area contributed by atoms with Crippen LogP contribution in [0.3, 0.4) is 0 Å². The Morgan fingerprint density at radius 1 is 1.26 bits per heavy atom. The molecule has 1 aromatic carbocycles. The van der Waals surface area contributed by atoms with E-state index in [4.69, 9.17) is 16.0 Å². The second-order valence-electron chi connectivity index (χ2n) is 7.03. The minimum atomic E-state index is -3.75. The molecule has 0 bridgehead atoms. The molecule has 3 rings (SSSR count). The summed E-state index contributed by atoms with van der Waals surface area (Å²) >= 11 is 7.71. The van der Waals surface area contributed by atoms with Crippen molar-refractivity contribution in [3.8, 4) is 0 Å². The maximum Gasteiger partial charge on any atom is 0.287 e. The number of amides is 2. The Morgan fingerprint density at radius 2 is 2.00 bits per heavy atom. The average Bonchev–Trinajstić information content (AvgIpc) is 3.46. The van der Waals surface area contributed by atoms with Crippen LogP contribution in [0.25, 0.3) is 0 Å². The number of hydrogen-bond acceptors (Lipinski definition) is 6. The van der Waals surface area contributed by atoms with Gasteiger partial charge in [-0.2, -0.15) is 16.1 Å². The summed E-state index contributed by atoms with van der Waals surface area (Å²) in [4.78, 5) is 25.1. The molecule has 2 N–H and O–H groups in total. The maximum atomic E-state index is 12.9. The van der Waals surface area contributed by atoms with E-state index in [2.05, 4.69) is 10.6 Å². The number of nitrogens with one attached hydrogen (secondary N) is 2. The van der Waals surface area contributed by atoms with Gasteiger partial charge in [0.15, 0.2) is 5.76 Å². The number of anilines is 1. The molecule has 2 aromatic rings. The monoisotopic (exact) mass is 485 g/mol. The molecule has 0 radical (unpaired) electrons. The third-order valence-electron chi connectivity index (χ3n) is 4.86. The maximum absolute atomic E-state index is 12.9. The Hall–Kier alpha value is -2.01. The number of nitrogens with zero attached hydrogens (tertiary/aromatic N) is 1. The van der Waals surface area contributed by atoms with Crippen molar-refractivity contribution < 1.29 is 22.4 Å². The van der Waals surface area contributed by atoms with Gasteiger partial charge in [-0.15, -0.1) is 0 Å². The van der Waals surface area contributed by atoms with E-state index in [1.165, 1.54) is 34.8 Å². The minimum absolute atomic E-state index is 0.0471. The molecule has 1 saturated heterocycles. The Labute approximate surface area is 190 Å². The van der Waals surface area contributed by atoms with E-state index >= 15 is 0 Å². The molecule has 8 nitrogen and oxygen atoms in total. The Kier molecular flexibility index (Phi) is 8.04. The highest BCUT2D eigenvalue weighted by atomic mass is 35.5. The molecule has 0 spiro atoms. The van der Waals surface area contributed by atoms with Gasteiger partial charge in [0.05, 0.1) is 11.3 Å². The third kappa shape index (κ3) is 5.82. The van der Waals surface area contributed by atoms with Crippen LogP contribution in [-0.4, -0.2) is 55.7 Å². The van der Waals surface area contributed by atoms with Crippen molar-refractivity contribution in [2.24, 2.45) is 0 Å². The number of carbonyl (C=O) groups excluding carboxylic acids is 2. The van der Waals surface area contributed by atoms with Gasteiger partial charge in [0.25, 0.3) is 5.91 Å². The number of furan rings is 1. The molecule has 0 unspecified atom stereocenters. The Bertz CT molecular complexity index is 1020. The zero-order chi connectivity index (χ0) is 22.4. The van der Waals surface area contributed by atoms with Crippen molar-refractivity contribution in [1.82, 2.24) is 9.62 Å². The fraction of sp³-hybridized carbons (Fsp3) is 0.400. The molecule has 0 saturated carbocycles. The summed E-state index contributed by atoms with van der Waals surface area (Å²) in [7, 11) is -3.75. The normalized spacial score (nSPS) is 15.5. The first-order chi connectivity index (χ1) is 14.8. The van der Waals surface area contributed by atoms with Gasteiger partial charge in [-0.1, -0.05) is 11.6 Å². The highest BCUT2D eigenvalue weighted by Gasteiger charge is 2.30. The first-order valence-corrected chi connectivity index (χ1v) is 13.0. The van der Waals surface area contributed by atoms with E-state index in [1.54, 1.807) is 17.8 Å². The van der Waals surface area contributed by atoms with Gasteiger partial charge >= 0.3 is 0 Å². The molecule has 2 heterocycles. The van der Waals surface area contributed by atoms with Crippen LogP contribution in [0.15, 0.2) is 45.9 Å². The van der Waals surface area contributed by atoms with Crippen molar-refractivity contribution in [1.29, 1.82) is 0 Å². The zero-order valence-electron chi connectivity index (χ0n) is 17.0. The molecule has 168 valence electrons. The Morgan fingerprint density at radius 3 is 2.65 bits per heavy atom. The topological polar surface area (TPSA) is 109 Å². The first-order valence-electron chi connectivity index (χ1n) is 9.77. The lowest BCUT2D eigenvalue weighted by Gasteiger charge is -2.19. The molecule has 11 heteroatoms. The highest BCUT2D eigenvalue weighted by molar-refractivity contribution is 7.98. The lowest BCUT2D eigenvalue weighted by atomic mass is 10.2. The van der Waals surface area contributed by atoms with Crippen LogP contribution in [0.2, 0.25) is 5.02 Å². The number of halogens is 1. The minimum Gasteiger partial charge on any atom is -0.459 e. The predicted octanol–water partition coefficient (Wildman–Crippen LogP) is 3.21. The molecular weight excluding hydrogens is 462 g/mol. The molecule has 1 fully saturated rings. The lowest BCUT2D eigenvalue weighted by molar-refractivity contribution is -0.118. The van der Waals surface area contributed by atoms with Crippen LogP contribution in [0.5, 0.6) is 0 Å². The van der Waals surface area contributed by atoms with E-state index in [0.717, 1.165) is 12.8 Å².